The molecule has 9 nitrogen and oxygen atoms in total. The second-order valence-corrected chi connectivity index (χ2v) is 10.8. The molecule has 0 amide bonds. The van der Waals surface area contributed by atoms with Crippen LogP contribution in [0.4, 0.5) is 28.8 Å². The third kappa shape index (κ3) is 7.97. The smallest absolute Gasteiger partial charge is 0.229 e. The van der Waals surface area contributed by atoms with Crippen molar-refractivity contribution in [3.05, 3.63) is 59.8 Å². The van der Waals surface area contributed by atoms with E-state index in [1.54, 1.807) is 24.3 Å². The van der Waals surface area contributed by atoms with Crippen molar-refractivity contribution in [3.8, 4) is 5.75 Å². The van der Waals surface area contributed by atoms with E-state index in [1.165, 1.54) is 38.5 Å². The van der Waals surface area contributed by atoms with Crippen LogP contribution in [0.25, 0.3) is 0 Å². The number of ether oxygens (including phenoxy) is 1. The van der Waals surface area contributed by atoms with Crippen LogP contribution in [0.3, 0.4) is 0 Å². The summed E-state index contributed by atoms with van der Waals surface area (Å²) in [5, 5.41) is 6.55. The minimum atomic E-state index is -3.45. The van der Waals surface area contributed by atoms with Crippen LogP contribution >= 0.6 is 11.6 Å². The molecule has 2 aromatic carbocycles. The van der Waals surface area contributed by atoms with E-state index in [1.807, 2.05) is 24.3 Å². The summed E-state index contributed by atoms with van der Waals surface area (Å²) in [6.07, 6.45) is 7.49. The molecule has 36 heavy (non-hydrogen) atoms. The zero-order valence-corrected chi connectivity index (χ0v) is 21.8. The van der Waals surface area contributed by atoms with Crippen molar-refractivity contribution in [1.29, 1.82) is 0 Å². The van der Waals surface area contributed by atoms with Gasteiger partial charge in [0.1, 0.15) is 10.8 Å². The van der Waals surface area contributed by atoms with E-state index in [0.29, 0.717) is 34.8 Å². The van der Waals surface area contributed by atoms with E-state index < -0.39 is 10.0 Å². The number of halogens is 1. The first-order valence-corrected chi connectivity index (χ1v) is 14.2. The van der Waals surface area contributed by atoms with Crippen molar-refractivity contribution in [1.82, 2.24) is 14.9 Å². The van der Waals surface area contributed by atoms with E-state index in [2.05, 4.69) is 30.2 Å². The van der Waals surface area contributed by atoms with Crippen molar-refractivity contribution in [2.24, 2.45) is 0 Å². The third-order valence-corrected chi connectivity index (χ3v) is 6.51. The van der Waals surface area contributed by atoms with Crippen molar-refractivity contribution in [3.63, 3.8) is 0 Å². The lowest BCUT2D eigenvalue weighted by Gasteiger charge is -2.26. The van der Waals surface area contributed by atoms with Gasteiger partial charge in [-0.1, -0.05) is 36.2 Å². The summed E-state index contributed by atoms with van der Waals surface area (Å²) in [4.78, 5) is 11.2. The molecular formula is C25H31ClN6O3S. The average Bonchev–Trinajstić information content (AvgIpc) is 2.85. The molecule has 3 aromatic rings. The highest BCUT2D eigenvalue weighted by Gasteiger charge is 2.12. The molecule has 1 fully saturated rings. The van der Waals surface area contributed by atoms with Crippen molar-refractivity contribution in [2.45, 2.75) is 25.7 Å². The fourth-order valence-electron chi connectivity index (χ4n) is 3.98. The zero-order chi connectivity index (χ0) is 25.4. The number of nitrogens with one attached hydrogen (secondary N) is 3. The van der Waals surface area contributed by atoms with Crippen LogP contribution in [-0.2, 0) is 10.0 Å². The highest BCUT2D eigenvalue weighted by molar-refractivity contribution is 7.92. The molecule has 1 saturated heterocycles. The molecule has 11 heteroatoms. The van der Waals surface area contributed by atoms with Crippen molar-refractivity contribution in [2.75, 3.05) is 47.9 Å². The summed E-state index contributed by atoms with van der Waals surface area (Å²) in [6.45, 7) is 4.11. The molecule has 1 aromatic heterocycles. The molecule has 0 atom stereocenters. The van der Waals surface area contributed by atoms with Gasteiger partial charge in [0.15, 0.2) is 5.82 Å². The molecule has 0 saturated carbocycles. The Bertz CT molecular complexity index is 1270. The zero-order valence-electron chi connectivity index (χ0n) is 20.2. The standard InChI is InChI=1S/C25H31ClN6O3S/c1-36(33,34)31-23-12-4-3-11-22(23)29-24-21(26)18-27-25(30-24)28-19-9-7-10-20(17-19)35-16-8-15-32-13-5-2-6-14-32/h3-4,7,9-12,17-18,31H,2,5-6,8,13-16H2,1H3,(H2,27,28,29,30). The fourth-order valence-corrected chi connectivity index (χ4v) is 4.69. The number of rotatable bonds is 11. The first-order chi connectivity index (χ1) is 17.4. The lowest BCUT2D eigenvalue weighted by molar-refractivity contribution is 0.205. The van der Waals surface area contributed by atoms with Gasteiger partial charge < -0.3 is 20.3 Å². The fraction of sp³-hybridized carbons (Fsp3) is 0.360. The average molecular weight is 531 g/mol. The van der Waals surface area contributed by atoms with Gasteiger partial charge >= 0.3 is 0 Å². The molecular weight excluding hydrogens is 500 g/mol. The number of para-hydroxylation sites is 2. The topological polar surface area (TPSA) is 108 Å². The van der Waals surface area contributed by atoms with Gasteiger partial charge in [-0.25, -0.2) is 13.4 Å². The van der Waals surface area contributed by atoms with E-state index in [-0.39, 0.29) is 0 Å². The Morgan fingerprint density at radius 1 is 1.03 bits per heavy atom. The highest BCUT2D eigenvalue weighted by atomic mass is 35.5. The summed E-state index contributed by atoms with van der Waals surface area (Å²) in [5.41, 5.74) is 1.67. The van der Waals surface area contributed by atoms with E-state index in [0.717, 1.165) is 30.7 Å². The number of aromatic nitrogens is 2. The number of likely N-dealkylation sites (tertiary alicyclic amines) is 1. The maximum Gasteiger partial charge on any atom is 0.229 e. The van der Waals surface area contributed by atoms with Crippen LogP contribution in [0.15, 0.2) is 54.7 Å². The van der Waals surface area contributed by atoms with Crippen LogP contribution in [0.5, 0.6) is 5.75 Å². The summed E-state index contributed by atoms with van der Waals surface area (Å²) in [6, 6.07) is 14.5. The Hall–Kier alpha value is -3.08. The Balaban J connectivity index is 1.38. The van der Waals surface area contributed by atoms with Gasteiger partial charge in [0.05, 0.1) is 30.4 Å². The number of piperidine rings is 1. The molecule has 0 radical (unpaired) electrons. The van der Waals surface area contributed by atoms with Crippen LogP contribution in [0.2, 0.25) is 5.02 Å². The first-order valence-electron chi connectivity index (χ1n) is 11.9. The summed E-state index contributed by atoms with van der Waals surface area (Å²) in [7, 11) is -3.45. The van der Waals surface area contributed by atoms with Crippen molar-refractivity contribution < 1.29 is 13.2 Å². The number of anilines is 5. The molecule has 0 aliphatic carbocycles. The SMILES string of the molecule is CS(=O)(=O)Nc1ccccc1Nc1nc(Nc2cccc(OCCCN3CCCCC3)c2)ncc1Cl. The minimum absolute atomic E-state index is 0.292. The van der Waals surface area contributed by atoms with Gasteiger partial charge in [0.25, 0.3) is 0 Å². The van der Waals surface area contributed by atoms with Crippen LogP contribution in [0.1, 0.15) is 25.7 Å². The number of hydrogen-bond donors (Lipinski definition) is 3. The molecule has 0 bridgehead atoms. The molecule has 4 rings (SSSR count). The number of sulfonamides is 1. The second kappa shape index (κ2) is 12.2. The van der Waals surface area contributed by atoms with Gasteiger partial charge in [-0.2, -0.15) is 4.98 Å². The van der Waals surface area contributed by atoms with Gasteiger partial charge in [0.2, 0.25) is 16.0 Å². The predicted molar refractivity (Wildman–Crippen MR) is 145 cm³/mol. The number of benzene rings is 2. The Morgan fingerprint density at radius 2 is 1.81 bits per heavy atom. The van der Waals surface area contributed by atoms with Crippen molar-refractivity contribution >= 4 is 50.5 Å². The molecule has 0 unspecified atom stereocenters. The maximum atomic E-state index is 11.7. The van der Waals surface area contributed by atoms with Crippen LogP contribution in [0, 0.1) is 0 Å². The molecule has 3 N–H and O–H groups in total. The Labute approximate surface area is 217 Å². The first kappa shape index (κ1) is 26.0. The summed E-state index contributed by atoms with van der Waals surface area (Å²) >= 11 is 6.31. The highest BCUT2D eigenvalue weighted by Crippen LogP contribution is 2.30. The summed E-state index contributed by atoms with van der Waals surface area (Å²) < 4.78 is 31.8. The normalized spacial score (nSPS) is 14.3. The van der Waals surface area contributed by atoms with Crippen LogP contribution in [-0.4, -0.2) is 55.8 Å². The Kier molecular flexibility index (Phi) is 8.84. The quantitative estimate of drug-likeness (QED) is 0.289. The van der Waals surface area contributed by atoms with E-state index in [4.69, 9.17) is 16.3 Å². The van der Waals surface area contributed by atoms with Gasteiger partial charge in [-0.05, 0) is 56.6 Å². The van der Waals surface area contributed by atoms with Gasteiger partial charge in [-0.15, -0.1) is 0 Å². The third-order valence-electron chi connectivity index (χ3n) is 5.65. The lowest BCUT2D eigenvalue weighted by Crippen LogP contribution is -2.31. The van der Waals surface area contributed by atoms with Gasteiger partial charge in [-0.3, -0.25) is 4.72 Å². The molecule has 1 aliphatic heterocycles. The minimum Gasteiger partial charge on any atom is -0.493 e. The molecule has 192 valence electrons. The number of hydrogen-bond acceptors (Lipinski definition) is 8. The second-order valence-electron chi connectivity index (χ2n) is 8.69. The van der Waals surface area contributed by atoms with E-state index in [9.17, 15) is 8.42 Å². The molecule has 1 aliphatic rings. The van der Waals surface area contributed by atoms with Crippen LogP contribution < -0.4 is 20.1 Å². The monoisotopic (exact) mass is 530 g/mol. The lowest BCUT2D eigenvalue weighted by atomic mass is 10.1. The largest absolute Gasteiger partial charge is 0.493 e. The Morgan fingerprint density at radius 3 is 2.58 bits per heavy atom. The molecule has 0 spiro atoms. The summed E-state index contributed by atoms with van der Waals surface area (Å²) in [5.74, 6) is 1.44. The predicted octanol–water partition coefficient (Wildman–Crippen LogP) is 5.24. The number of nitrogens with zero attached hydrogens (tertiary/aromatic N) is 3. The van der Waals surface area contributed by atoms with E-state index >= 15 is 0 Å². The van der Waals surface area contributed by atoms with Gasteiger partial charge in [0, 0.05) is 18.3 Å². The molecule has 2 heterocycles. The maximum absolute atomic E-state index is 11.7.